The number of methoxy groups -OCH3 is 1. The summed E-state index contributed by atoms with van der Waals surface area (Å²) < 4.78 is 5.02. The van der Waals surface area contributed by atoms with Crippen LogP contribution in [0.25, 0.3) is 0 Å². The summed E-state index contributed by atoms with van der Waals surface area (Å²) in [4.78, 5) is 39.9. The predicted molar refractivity (Wildman–Crippen MR) is 93.7 cm³/mol. The summed E-state index contributed by atoms with van der Waals surface area (Å²) in [5.74, 6) is -1.21. The summed E-state index contributed by atoms with van der Waals surface area (Å²) >= 11 is 0. The van der Waals surface area contributed by atoms with Gasteiger partial charge in [0, 0.05) is 23.6 Å². The molecule has 0 bridgehead atoms. The number of fused-ring (bicyclic) bond motifs is 3. The molecule has 0 saturated carbocycles. The van der Waals surface area contributed by atoms with Gasteiger partial charge in [-0.25, -0.2) is 0 Å². The predicted octanol–water partition coefficient (Wildman–Crippen LogP) is 2.35. The molecule has 3 rings (SSSR count). The summed E-state index contributed by atoms with van der Waals surface area (Å²) in [6.45, 7) is 6.33. The zero-order chi connectivity index (χ0) is 18.5. The van der Waals surface area contributed by atoms with Crippen molar-refractivity contribution in [3.05, 3.63) is 45.5 Å². The Balaban J connectivity index is 2.34. The minimum Gasteiger partial charge on any atom is -0.468 e. The molecule has 0 amide bonds. The van der Waals surface area contributed by atoms with Crippen LogP contribution in [-0.4, -0.2) is 49.2 Å². The first-order valence-corrected chi connectivity index (χ1v) is 8.41. The maximum absolute atomic E-state index is 12.8. The lowest BCUT2D eigenvalue weighted by Crippen LogP contribution is -2.49. The van der Waals surface area contributed by atoms with Crippen LogP contribution in [0.15, 0.2) is 23.3 Å². The molecule has 1 aliphatic carbocycles. The molecule has 0 fully saturated rings. The second-order valence-electron chi connectivity index (χ2n) is 7.10. The Hall–Kier alpha value is -2.27. The Morgan fingerprint density at radius 1 is 1.12 bits per heavy atom. The Bertz CT molecular complexity index is 821. The van der Waals surface area contributed by atoms with E-state index >= 15 is 0 Å². The Kier molecular flexibility index (Phi) is 4.37. The number of carbonyl (C=O) groups is 3. The molecule has 2 unspecified atom stereocenters. The van der Waals surface area contributed by atoms with Gasteiger partial charge in [0.25, 0.3) is 0 Å². The number of esters is 1. The zero-order valence-corrected chi connectivity index (χ0v) is 15.3. The molecule has 2 atom stereocenters. The van der Waals surface area contributed by atoms with Crippen LogP contribution < -0.4 is 0 Å². The van der Waals surface area contributed by atoms with Crippen LogP contribution >= 0.6 is 0 Å². The van der Waals surface area contributed by atoms with Crippen LogP contribution in [0.1, 0.15) is 46.3 Å². The summed E-state index contributed by atoms with van der Waals surface area (Å²) in [5, 5.41) is 0. The number of rotatable bonds is 1. The smallest absolute Gasteiger partial charge is 0.324 e. The number of ether oxygens (including phenoxy) is 1. The molecule has 1 aliphatic heterocycles. The monoisotopic (exact) mass is 341 g/mol. The molecule has 25 heavy (non-hydrogen) atoms. The van der Waals surface area contributed by atoms with Gasteiger partial charge in [-0.05, 0) is 50.6 Å². The van der Waals surface area contributed by atoms with E-state index < -0.39 is 12.0 Å². The second kappa shape index (κ2) is 6.23. The van der Waals surface area contributed by atoms with E-state index in [1.807, 2.05) is 44.9 Å². The number of hydrogen-bond acceptors (Lipinski definition) is 5. The highest BCUT2D eigenvalue weighted by molar-refractivity contribution is 6.17. The molecule has 0 N–H and O–H groups in total. The van der Waals surface area contributed by atoms with Crippen molar-refractivity contribution < 1.29 is 19.1 Å². The fourth-order valence-corrected chi connectivity index (χ4v) is 4.08. The number of hydrogen-bond donors (Lipinski definition) is 0. The molecular weight excluding hydrogens is 318 g/mol. The van der Waals surface area contributed by atoms with Crippen molar-refractivity contribution in [1.29, 1.82) is 0 Å². The number of Topliss-reactive ketones (excluding diaryl/α,β-unsaturated/α-hetero) is 2. The van der Waals surface area contributed by atoms with E-state index in [-0.39, 0.29) is 24.0 Å². The van der Waals surface area contributed by atoms with E-state index in [4.69, 9.17) is 4.74 Å². The topological polar surface area (TPSA) is 63.7 Å². The van der Waals surface area contributed by atoms with E-state index in [0.29, 0.717) is 17.7 Å². The van der Waals surface area contributed by atoms with Gasteiger partial charge in [-0.15, -0.1) is 0 Å². The van der Waals surface area contributed by atoms with E-state index in [1.54, 1.807) is 0 Å². The first-order chi connectivity index (χ1) is 11.8. The van der Waals surface area contributed by atoms with Gasteiger partial charge in [0.1, 0.15) is 6.04 Å². The highest BCUT2D eigenvalue weighted by atomic mass is 16.5. The molecule has 0 saturated heterocycles. The maximum atomic E-state index is 12.8. The van der Waals surface area contributed by atoms with Crippen molar-refractivity contribution in [1.82, 2.24) is 4.90 Å². The lowest BCUT2D eigenvalue weighted by molar-refractivity contribution is -0.147. The lowest BCUT2D eigenvalue weighted by Gasteiger charge is -2.39. The molecular formula is C20H23NO4. The van der Waals surface area contributed by atoms with E-state index in [9.17, 15) is 14.4 Å². The highest BCUT2D eigenvalue weighted by Gasteiger charge is 2.45. The van der Waals surface area contributed by atoms with Gasteiger partial charge < -0.3 is 4.74 Å². The van der Waals surface area contributed by atoms with E-state index in [0.717, 1.165) is 22.3 Å². The third-order valence-corrected chi connectivity index (χ3v) is 5.41. The van der Waals surface area contributed by atoms with Gasteiger partial charge in [-0.1, -0.05) is 11.6 Å². The number of aryl methyl sites for hydroxylation is 2. The first-order valence-electron chi connectivity index (χ1n) is 8.41. The van der Waals surface area contributed by atoms with Gasteiger partial charge in [-0.3, -0.25) is 19.3 Å². The molecule has 0 aromatic heterocycles. The minimum absolute atomic E-state index is 0.143. The molecule has 1 aromatic rings. The average molecular weight is 341 g/mol. The van der Waals surface area contributed by atoms with Gasteiger partial charge in [0.2, 0.25) is 0 Å². The van der Waals surface area contributed by atoms with Crippen molar-refractivity contribution in [3.8, 4) is 0 Å². The van der Waals surface area contributed by atoms with Gasteiger partial charge in [0.05, 0.1) is 13.5 Å². The van der Waals surface area contributed by atoms with Crippen LogP contribution in [0.4, 0.5) is 0 Å². The molecule has 5 nitrogen and oxygen atoms in total. The van der Waals surface area contributed by atoms with Gasteiger partial charge >= 0.3 is 5.97 Å². The van der Waals surface area contributed by atoms with Gasteiger partial charge in [0.15, 0.2) is 11.6 Å². The number of likely N-dealkylation sites (N-methyl/N-ethyl adjacent to an activating group) is 1. The first kappa shape index (κ1) is 17.5. The molecule has 5 heteroatoms. The van der Waals surface area contributed by atoms with Crippen molar-refractivity contribution in [3.63, 3.8) is 0 Å². The van der Waals surface area contributed by atoms with Crippen molar-refractivity contribution in [2.75, 3.05) is 20.7 Å². The number of ketones is 2. The molecule has 0 radical (unpaired) electrons. The standard InChI is InChI=1S/C20H23NO4/c1-10-6-13-14(7-11(10)2)18-17(16(23)8-15(13)22)12(3)9-21(4)19(18)20(24)25-5/h6-7,18-19H,8-9H2,1-5H3. The average Bonchev–Trinajstić information content (AvgIpc) is 2.64. The van der Waals surface area contributed by atoms with Crippen LogP contribution in [0.2, 0.25) is 0 Å². The zero-order valence-electron chi connectivity index (χ0n) is 15.3. The fourth-order valence-electron chi connectivity index (χ4n) is 4.08. The largest absolute Gasteiger partial charge is 0.468 e. The number of carbonyl (C=O) groups excluding carboxylic acids is 3. The number of benzene rings is 1. The van der Waals surface area contributed by atoms with Crippen LogP contribution in [-0.2, 0) is 14.3 Å². The normalized spacial score (nSPS) is 23.9. The van der Waals surface area contributed by atoms with Crippen molar-refractivity contribution >= 4 is 17.5 Å². The molecule has 2 aliphatic rings. The molecule has 1 heterocycles. The SMILES string of the molecule is COC(=O)C1C2C(=C(C)CN1C)C(=O)CC(=O)c1cc(C)c(C)cc12. The van der Waals surface area contributed by atoms with Crippen LogP contribution in [0, 0.1) is 13.8 Å². The van der Waals surface area contributed by atoms with Crippen molar-refractivity contribution in [2.45, 2.75) is 39.2 Å². The quantitative estimate of drug-likeness (QED) is 0.579. The van der Waals surface area contributed by atoms with Crippen LogP contribution in [0.5, 0.6) is 0 Å². The van der Waals surface area contributed by atoms with Crippen molar-refractivity contribution in [2.24, 2.45) is 0 Å². The third-order valence-electron chi connectivity index (χ3n) is 5.41. The Morgan fingerprint density at radius 3 is 2.40 bits per heavy atom. The van der Waals surface area contributed by atoms with E-state index in [1.165, 1.54) is 7.11 Å². The van der Waals surface area contributed by atoms with E-state index in [2.05, 4.69) is 0 Å². The van der Waals surface area contributed by atoms with Crippen LogP contribution in [0.3, 0.4) is 0 Å². The summed E-state index contributed by atoms with van der Waals surface area (Å²) in [5.41, 5.74) is 4.86. The molecule has 1 aromatic carbocycles. The Morgan fingerprint density at radius 2 is 1.76 bits per heavy atom. The Labute approximate surface area is 147 Å². The molecule has 0 spiro atoms. The summed E-state index contributed by atoms with van der Waals surface area (Å²) in [7, 11) is 3.20. The third kappa shape index (κ3) is 2.72. The lowest BCUT2D eigenvalue weighted by atomic mass is 9.76. The highest BCUT2D eigenvalue weighted by Crippen LogP contribution is 2.42. The maximum Gasteiger partial charge on any atom is 0.324 e. The second-order valence-corrected chi connectivity index (χ2v) is 7.10. The number of nitrogens with zero attached hydrogens (tertiary/aromatic N) is 1. The van der Waals surface area contributed by atoms with Gasteiger partial charge in [-0.2, -0.15) is 0 Å². The summed E-state index contributed by atoms with van der Waals surface area (Å²) in [6.07, 6.45) is -0.143. The minimum atomic E-state index is -0.612. The molecule has 132 valence electrons. The fraction of sp³-hybridized carbons (Fsp3) is 0.450. The summed E-state index contributed by atoms with van der Waals surface area (Å²) in [6, 6.07) is 3.19.